The van der Waals surface area contributed by atoms with E-state index in [1.807, 2.05) is 12.1 Å². The predicted octanol–water partition coefficient (Wildman–Crippen LogP) is 4.85. The van der Waals surface area contributed by atoms with Crippen molar-refractivity contribution in [3.05, 3.63) is 59.4 Å². The smallest absolute Gasteiger partial charge is 0.246 e. The topological polar surface area (TPSA) is 76.6 Å². The standard InChI is InChI=1S/C22H20Cl2N4O3/c1-3-21(29)28-7-6-14(11-28)31-20-9-15-18(10-19(20)30-2)25-12-26-22(15)27-13-4-5-16(23)17(24)8-13/h3-5,8-10,12,14H,1,6-7,11H2,2H3,(H,25,26,27). The molecular formula is C22H20Cl2N4O3. The number of nitrogens with one attached hydrogen (secondary N) is 1. The Hall–Kier alpha value is -3.03. The summed E-state index contributed by atoms with van der Waals surface area (Å²) in [5.41, 5.74) is 1.43. The SMILES string of the molecule is C=CC(=O)N1CCC(Oc2cc3c(Nc4ccc(Cl)c(Cl)c4)ncnc3cc2OC)C1. The summed E-state index contributed by atoms with van der Waals surface area (Å²) >= 11 is 12.1. The zero-order chi connectivity index (χ0) is 22.0. The Labute approximate surface area is 189 Å². The van der Waals surface area contributed by atoms with Crippen molar-refractivity contribution in [3.63, 3.8) is 0 Å². The lowest BCUT2D eigenvalue weighted by Gasteiger charge is -2.18. The number of aromatic nitrogens is 2. The van der Waals surface area contributed by atoms with Crippen molar-refractivity contribution in [1.29, 1.82) is 0 Å². The van der Waals surface area contributed by atoms with Gasteiger partial charge in [-0.25, -0.2) is 9.97 Å². The number of fused-ring (bicyclic) bond motifs is 1. The molecule has 0 radical (unpaired) electrons. The Morgan fingerprint density at radius 1 is 1.23 bits per heavy atom. The number of amides is 1. The van der Waals surface area contributed by atoms with E-state index < -0.39 is 0 Å². The number of hydrogen-bond donors (Lipinski definition) is 1. The molecule has 4 rings (SSSR count). The predicted molar refractivity (Wildman–Crippen MR) is 122 cm³/mol. The van der Waals surface area contributed by atoms with Crippen LogP contribution in [0.1, 0.15) is 6.42 Å². The van der Waals surface area contributed by atoms with Gasteiger partial charge in [0, 0.05) is 30.1 Å². The van der Waals surface area contributed by atoms with Crippen molar-refractivity contribution in [2.45, 2.75) is 12.5 Å². The molecule has 1 aliphatic rings. The Bertz CT molecular complexity index is 1160. The first-order chi connectivity index (χ1) is 15.0. The van der Waals surface area contributed by atoms with Gasteiger partial charge in [-0.2, -0.15) is 0 Å². The molecule has 1 saturated heterocycles. The summed E-state index contributed by atoms with van der Waals surface area (Å²) in [6.45, 7) is 4.66. The molecule has 1 amide bonds. The van der Waals surface area contributed by atoms with Crippen molar-refractivity contribution < 1.29 is 14.3 Å². The molecule has 2 heterocycles. The van der Waals surface area contributed by atoms with Crippen LogP contribution in [-0.4, -0.2) is 47.1 Å². The molecule has 1 fully saturated rings. The lowest BCUT2D eigenvalue weighted by molar-refractivity contribution is -0.125. The Morgan fingerprint density at radius 3 is 2.81 bits per heavy atom. The summed E-state index contributed by atoms with van der Waals surface area (Å²) in [5, 5.41) is 4.91. The van der Waals surface area contributed by atoms with Crippen LogP contribution in [0.2, 0.25) is 10.0 Å². The highest BCUT2D eigenvalue weighted by Gasteiger charge is 2.27. The average molecular weight is 459 g/mol. The minimum Gasteiger partial charge on any atom is -0.493 e. The van der Waals surface area contributed by atoms with Crippen LogP contribution in [0.25, 0.3) is 10.9 Å². The summed E-state index contributed by atoms with van der Waals surface area (Å²) < 4.78 is 11.7. The van der Waals surface area contributed by atoms with Gasteiger partial charge in [-0.1, -0.05) is 29.8 Å². The van der Waals surface area contributed by atoms with Crippen LogP contribution in [0.4, 0.5) is 11.5 Å². The van der Waals surface area contributed by atoms with Gasteiger partial charge in [-0.3, -0.25) is 4.79 Å². The van der Waals surface area contributed by atoms with Crippen LogP contribution in [-0.2, 0) is 4.79 Å². The molecule has 1 aromatic heterocycles. The largest absolute Gasteiger partial charge is 0.493 e. The molecule has 1 N–H and O–H groups in total. The molecule has 0 spiro atoms. The maximum absolute atomic E-state index is 11.9. The minimum absolute atomic E-state index is 0.0990. The first-order valence-electron chi connectivity index (χ1n) is 9.61. The third kappa shape index (κ3) is 4.52. The number of halogens is 2. The van der Waals surface area contributed by atoms with Gasteiger partial charge in [0.15, 0.2) is 11.5 Å². The number of carbonyl (C=O) groups is 1. The second kappa shape index (κ2) is 8.99. The molecule has 9 heteroatoms. The number of rotatable bonds is 6. The third-order valence-corrected chi connectivity index (χ3v) is 5.77. The Morgan fingerprint density at radius 2 is 2.06 bits per heavy atom. The van der Waals surface area contributed by atoms with Gasteiger partial charge in [0.2, 0.25) is 5.91 Å². The Kier molecular flexibility index (Phi) is 6.15. The van der Waals surface area contributed by atoms with E-state index >= 15 is 0 Å². The van der Waals surface area contributed by atoms with E-state index in [0.29, 0.717) is 46.0 Å². The Balaban J connectivity index is 1.64. The molecule has 1 aliphatic heterocycles. The van der Waals surface area contributed by atoms with Crippen molar-refractivity contribution in [3.8, 4) is 11.5 Å². The molecule has 2 aromatic carbocycles. The van der Waals surface area contributed by atoms with E-state index in [9.17, 15) is 4.79 Å². The van der Waals surface area contributed by atoms with Crippen LogP contribution >= 0.6 is 23.2 Å². The zero-order valence-corrected chi connectivity index (χ0v) is 18.3. The highest BCUT2D eigenvalue weighted by molar-refractivity contribution is 6.42. The normalized spacial score (nSPS) is 15.7. The highest BCUT2D eigenvalue weighted by Crippen LogP contribution is 2.36. The van der Waals surface area contributed by atoms with Crippen LogP contribution in [0.5, 0.6) is 11.5 Å². The van der Waals surface area contributed by atoms with Gasteiger partial charge in [0.05, 0.1) is 29.2 Å². The van der Waals surface area contributed by atoms with E-state index in [-0.39, 0.29) is 12.0 Å². The fourth-order valence-corrected chi connectivity index (χ4v) is 3.76. The second-order valence-corrected chi connectivity index (χ2v) is 7.83. The molecule has 0 aliphatic carbocycles. The van der Waals surface area contributed by atoms with Crippen LogP contribution in [0.15, 0.2) is 49.3 Å². The van der Waals surface area contributed by atoms with Gasteiger partial charge < -0.3 is 19.7 Å². The molecule has 0 bridgehead atoms. The van der Waals surface area contributed by atoms with Gasteiger partial charge in [0.25, 0.3) is 0 Å². The van der Waals surface area contributed by atoms with E-state index in [0.717, 1.165) is 17.5 Å². The maximum atomic E-state index is 11.9. The van der Waals surface area contributed by atoms with E-state index in [4.69, 9.17) is 32.7 Å². The van der Waals surface area contributed by atoms with Gasteiger partial charge in [-0.05, 0) is 30.3 Å². The van der Waals surface area contributed by atoms with E-state index in [1.54, 1.807) is 30.2 Å². The third-order valence-electron chi connectivity index (χ3n) is 5.03. The molecule has 160 valence electrons. The summed E-state index contributed by atoms with van der Waals surface area (Å²) in [7, 11) is 1.58. The monoisotopic (exact) mass is 458 g/mol. The first kappa shape index (κ1) is 21.2. The second-order valence-electron chi connectivity index (χ2n) is 7.01. The first-order valence-corrected chi connectivity index (χ1v) is 10.4. The quantitative estimate of drug-likeness (QED) is 0.531. The van der Waals surface area contributed by atoms with Crippen molar-refractivity contribution >= 4 is 51.5 Å². The number of benzene rings is 2. The summed E-state index contributed by atoms with van der Waals surface area (Å²) in [4.78, 5) is 22.3. The van der Waals surface area contributed by atoms with Crippen LogP contribution < -0.4 is 14.8 Å². The van der Waals surface area contributed by atoms with Crippen molar-refractivity contribution in [2.24, 2.45) is 0 Å². The lowest BCUT2D eigenvalue weighted by Crippen LogP contribution is -2.29. The minimum atomic E-state index is -0.147. The van der Waals surface area contributed by atoms with Crippen molar-refractivity contribution in [2.75, 3.05) is 25.5 Å². The molecule has 0 saturated carbocycles. The number of ether oxygens (including phenoxy) is 2. The average Bonchev–Trinajstić information content (AvgIpc) is 3.24. The molecule has 7 nitrogen and oxygen atoms in total. The highest BCUT2D eigenvalue weighted by atomic mass is 35.5. The van der Waals surface area contributed by atoms with Gasteiger partial charge in [-0.15, -0.1) is 0 Å². The number of methoxy groups -OCH3 is 1. The fourth-order valence-electron chi connectivity index (χ4n) is 3.46. The number of hydrogen-bond acceptors (Lipinski definition) is 6. The van der Waals surface area contributed by atoms with E-state index in [2.05, 4.69) is 21.9 Å². The number of likely N-dealkylation sites (tertiary alicyclic amines) is 1. The van der Waals surface area contributed by atoms with Gasteiger partial charge in [0.1, 0.15) is 18.2 Å². The van der Waals surface area contributed by atoms with Gasteiger partial charge >= 0.3 is 0 Å². The molecule has 31 heavy (non-hydrogen) atoms. The van der Waals surface area contributed by atoms with Crippen LogP contribution in [0.3, 0.4) is 0 Å². The summed E-state index contributed by atoms with van der Waals surface area (Å²) in [5.74, 6) is 1.60. The molecule has 1 atom stereocenters. The number of nitrogens with zero attached hydrogens (tertiary/aromatic N) is 3. The number of anilines is 2. The van der Waals surface area contributed by atoms with Crippen molar-refractivity contribution in [1.82, 2.24) is 14.9 Å². The molecular weight excluding hydrogens is 439 g/mol. The zero-order valence-electron chi connectivity index (χ0n) is 16.8. The maximum Gasteiger partial charge on any atom is 0.246 e. The fraction of sp³-hybridized carbons (Fsp3) is 0.227. The number of carbonyl (C=O) groups excluding carboxylic acids is 1. The van der Waals surface area contributed by atoms with E-state index in [1.165, 1.54) is 12.4 Å². The molecule has 3 aromatic rings. The summed E-state index contributed by atoms with van der Waals surface area (Å²) in [6, 6.07) is 8.89. The van der Waals surface area contributed by atoms with Crippen LogP contribution in [0, 0.1) is 0 Å². The molecule has 1 unspecified atom stereocenters. The lowest BCUT2D eigenvalue weighted by atomic mass is 10.2. The summed E-state index contributed by atoms with van der Waals surface area (Å²) in [6.07, 6.45) is 3.36.